The third kappa shape index (κ3) is 2.25. The van der Waals surface area contributed by atoms with Gasteiger partial charge in [-0.15, -0.1) is 0 Å². The van der Waals surface area contributed by atoms with Crippen LogP contribution in [0.25, 0.3) is 11.2 Å². The van der Waals surface area contributed by atoms with Crippen molar-refractivity contribution >= 4 is 17.1 Å². The molecule has 1 atom stereocenters. The van der Waals surface area contributed by atoms with Crippen molar-refractivity contribution in [3.8, 4) is 0 Å². The zero-order valence-corrected chi connectivity index (χ0v) is 10.9. The van der Waals surface area contributed by atoms with Crippen LogP contribution >= 0.6 is 0 Å². The fraction of sp³-hybridized carbons (Fsp3) is 0.538. The van der Waals surface area contributed by atoms with Gasteiger partial charge in [-0.1, -0.05) is 20.8 Å². The van der Waals surface area contributed by atoms with Gasteiger partial charge in [0.1, 0.15) is 5.52 Å². The van der Waals surface area contributed by atoms with E-state index >= 15 is 0 Å². The van der Waals surface area contributed by atoms with E-state index in [1.165, 1.54) is 0 Å². The molecule has 0 aliphatic rings. The van der Waals surface area contributed by atoms with E-state index in [9.17, 15) is 0 Å². The molecule has 0 aliphatic heterocycles. The molecule has 0 amide bonds. The van der Waals surface area contributed by atoms with Crippen molar-refractivity contribution in [3.63, 3.8) is 0 Å². The van der Waals surface area contributed by atoms with Crippen LogP contribution in [-0.2, 0) is 6.54 Å². The van der Waals surface area contributed by atoms with E-state index in [-0.39, 0.29) is 0 Å². The number of aromatic nitrogens is 3. The predicted molar refractivity (Wildman–Crippen MR) is 70.7 cm³/mol. The fourth-order valence-corrected chi connectivity index (χ4v) is 1.81. The van der Waals surface area contributed by atoms with Crippen molar-refractivity contribution in [2.24, 2.45) is 11.8 Å². The molecule has 0 radical (unpaired) electrons. The first-order chi connectivity index (χ1) is 7.99. The molecular weight excluding hydrogens is 212 g/mol. The first-order valence-electron chi connectivity index (χ1n) is 6.07. The van der Waals surface area contributed by atoms with Crippen molar-refractivity contribution < 1.29 is 0 Å². The lowest BCUT2D eigenvalue weighted by molar-refractivity contribution is 0.370. The zero-order valence-electron chi connectivity index (χ0n) is 10.9. The molecule has 1 unspecified atom stereocenters. The van der Waals surface area contributed by atoms with Gasteiger partial charge in [0.2, 0.25) is 5.95 Å². The van der Waals surface area contributed by atoms with Crippen molar-refractivity contribution in [1.29, 1.82) is 0 Å². The fourth-order valence-electron chi connectivity index (χ4n) is 1.81. The van der Waals surface area contributed by atoms with Gasteiger partial charge in [-0.3, -0.25) is 4.57 Å². The second-order valence-corrected chi connectivity index (χ2v) is 5.16. The third-order valence-corrected chi connectivity index (χ3v) is 3.36. The highest BCUT2D eigenvalue weighted by Crippen LogP contribution is 2.20. The summed E-state index contributed by atoms with van der Waals surface area (Å²) in [6, 6.07) is 2.02. The summed E-state index contributed by atoms with van der Waals surface area (Å²) in [7, 11) is 0. The second kappa shape index (κ2) is 4.35. The average molecular weight is 232 g/mol. The number of nitrogen functional groups attached to an aromatic ring is 1. The molecule has 2 aromatic rings. The van der Waals surface area contributed by atoms with Crippen molar-refractivity contribution in [1.82, 2.24) is 14.5 Å². The Balaban J connectivity index is 2.43. The number of hydrogen-bond acceptors (Lipinski definition) is 3. The number of fused-ring (bicyclic) bond motifs is 1. The maximum atomic E-state index is 5.96. The molecule has 2 rings (SSSR count). The molecule has 0 bridgehead atoms. The number of aryl methyl sites for hydroxylation is 1. The predicted octanol–water partition coefficient (Wildman–Crippen LogP) is 2.61. The van der Waals surface area contributed by atoms with Crippen LogP contribution in [0, 0.1) is 18.8 Å². The van der Waals surface area contributed by atoms with Gasteiger partial charge >= 0.3 is 0 Å². The molecule has 2 N–H and O–H groups in total. The van der Waals surface area contributed by atoms with Gasteiger partial charge in [-0.25, -0.2) is 9.97 Å². The molecule has 4 nitrogen and oxygen atoms in total. The number of imidazole rings is 1. The molecular formula is C13H20N4. The molecule has 0 saturated carbocycles. The van der Waals surface area contributed by atoms with Gasteiger partial charge in [0, 0.05) is 12.7 Å². The number of anilines is 1. The Labute approximate surface area is 102 Å². The number of hydrogen-bond donors (Lipinski definition) is 1. The highest BCUT2D eigenvalue weighted by Gasteiger charge is 2.14. The quantitative estimate of drug-likeness (QED) is 0.885. The van der Waals surface area contributed by atoms with Crippen LogP contribution in [0.2, 0.25) is 0 Å². The van der Waals surface area contributed by atoms with Crippen LogP contribution in [0.5, 0.6) is 0 Å². The van der Waals surface area contributed by atoms with E-state index in [1.807, 2.05) is 23.8 Å². The monoisotopic (exact) mass is 232 g/mol. The van der Waals surface area contributed by atoms with Gasteiger partial charge in [0.25, 0.3) is 0 Å². The van der Waals surface area contributed by atoms with Crippen LogP contribution in [0.3, 0.4) is 0 Å². The maximum Gasteiger partial charge on any atom is 0.202 e. The van der Waals surface area contributed by atoms with E-state index in [1.54, 1.807) is 0 Å². The topological polar surface area (TPSA) is 56.7 Å². The maximum absolute atomic E-state index is 5.96. The minimum absolute atomic E-state index is 0.554. The van der Waals surface area contributed by atoms with Crippen molar-refractivity contribution in [2.75, 3.05) is 5.73 Å². The van der Waals surface area contributed by atoms with Crippen LogP contribution in [0.1, 0.15) is 26.3 Å². The largest absolute Gasteiger partial charge is 0.369 e. The molecule has 92 valence electrons. The summed E-state index contributed by atoms with van der Waals surface area (Å²) >= 11 is 0. The van der Waals surface area contributed by atoms with Crippen molar-refractivity contribution in [3.05, 3.63) is 17.8 Å². The van der Waals surface area contributed by atoms with Crippen LogP contribution < -0.4 is 5.73 Å². The molecule has 0 saturated heterocycles. The Morgan fingerprint density at radius 3 is 2.71 bits per heavy atom. The van der Waals surface area contributed by atoms with E-state index in [0.717, 1.165) is 23.3 Å². The Kier molecular flexibility index (Phi) is 3.05. The molecule has 4 heteroatoms. The molecule has 0 fully saturated rings. The summed E-state index contributed by atoms with van der Waals surface area (Å²) in [5.41, 5.74) is 8.85. The molecule has 2 aromatic heterocycles. The van der Waals surface area contributed by atoms with Crippen LogP contribution in [0.4, 0.5) is 5.95 Å². The van der Waals surface area contributed by atoms with Crippen LogP contribution in [-0.4, -0.2) is 14.5 Å². The Morgan fingerprint density at radius 1 is 1.35 bits per heavy atom. The SMILES string of the molecule is Cc1cnc2c(c1)nc(N)n2CC(C)C(C)C. The number of pyridine rings is 1. The summed E-state index contributed by atoms with van der Waals surface area (Å²) in [6.07, 6.45) is 1.86. The summed E-state index contributed by atoms with van der Waals surface area (Å²) in [6.45, 7) is 9.55. The molecule has 0 spiro atoms. The van der Waals surface area contributed by atoms with Crippen LogP contribution in [0.15, 0.2) is 12.3 Å². The molecule has 0 aliphatic carbocycles. The Morgan fingerprint density at radius 2 is 2.06 bits per heavy atom. The lowest BCUT2D eigenvalue weighted by Gasteiger charge is -2.16. The van der Waals surface area contributed by atoms with Crippen molar-refractivity contribution in [2.45, 2.75) is 34.2 Å². The smallest absolute Gasteiger partial charge is 0.202 e. The minimum Gasteiger partial charge on any atom is -0.369 e. The third-order valence-electron chi connectivity index (χ3n) is 3.36. The summed E-state index contributed by atoms with van der Waals surface area (Å²) in [5, 5.41) is 0. The lowest BCUT2D eigenvalue weighted by Crippen LogP contribution is -2.15. The summed E-state index contributed by atoms with van der Waals surface area (Å²) in [4.78, 5) is 8.80. The van der Waals surface area contributed by atoms with E-state index in [0.29, 0.717) is 17.8 Å². The van der Waals surface area contributed by atoms with E-state index in [4.69, 9.17) is 5.73 Å². The van der Waals surface area contributed by atoms with E-state index in [2.05, 4.69) is 30.7 Å². The standard InChI is InChI=1S/C13H20N4/c1-8(2)10(4)7-17-12-11(16-13(17)14)5-9(3)6-15-12/h5-6,8,10H,7H2,1-4H3,(H2,14,16). The van der Waals surface area contributed by atoms with E-state index < -0.39 is 0 Å². The Hall–Kier alpha value is -1.58. The van der Waals surface area contributed by atoms with Gasteiger partial charge in [-0.2, -0.15) is 0 Å². The molecule has 2 heterocycles. The normalized spacial score (nSPS) is 13.5. The van der Waals surface area contributed by atoms with Gasteiger partial charge in [0.05, 0.1) is 0 Å². The first kappa shape index (κ1) is 11.9. The number of rotatable bonds is 3. The van der Waals surface area contributed by atoms with Gasteiger partial charge < -0.3 is 5.73 Å². The highest BCUT2D eigenvalue weighted by molar-refractivity contribution is 5.74. The number of nitrogens with zero attached hydrogens (tertiary/aromatic N) is 3. The van der Waals surface area contributed by atoms with Gasteiger partial charge in [-0.05, 0) is 30.4 Å². The highest BCUT2D eigenvalue weighted by atomic mass is 15.2. The lowest BCUT2D eigenvalue weighted by atomic mass is 9.98. The second-order valence-electron chi connectivity index (χ2n) is 5.16. The molecule has 17 heavy (non-hydrogen) atoms. The minimum atomic E-state index is 0.554. The zero-order chi connectivity index (χ0) is 12.6. The Bertz CT molecular complexity index is 527. The summed E-state index contributed by atoms with van der Waals surface area (Å²) in [5.74, 6) is 1.74. The summed E-state index contributed by atoms with van der Waals surface area (Å²) < 4.78 is 2.01. The molecule has 0 aromatic carbocycles. The average Bonchev–Trinajstić information content (AvgIpc) is 2.54. The number of nitrogens with two attached hydrogens (primary N) is 1. The first-order valence-corrected chi connectivity index (χ1v) is 6.07. The van der Waals surface area contributed by atoms with Gasteiger partial charge in [0.15, 0.2) is 5.65 Å².